The number of aliphatic hydroxyl groups excluding tert-OH is 1. The van der Waals surface area contributed by atoms with Crippen LogP contribution in [0.25, 0.3) is 27.5 Å². The smallest absolute Gasteiger partial charge is 0.208 e. The second-order valence-electron chi connectivity index (χ2n) is 10.6. The van der Waals surface area contributed by atoms with Gasteiger partial charge in [-0.15, -0.1) is 10.2 Å². The molecule has 37 heavy (non-hydrogen) atoms. The van der Waals surface area contributed by atoms with Crippen molar-refractivity contribution in [2.24, 2.45) is 11.8 Å². The molecule has 2 atom stereocenters. The minimum absolute atomic E-state index is 0.176. The molecular weight excluding hydrogens is 488 g/mol. The molecule has 2 bridgehead atoms. The van der Waals surface area contributed by atoms with Crippen molar-refractivity contribution in [3.05, 3.63) is 42.2 Å². The predicted molar refractivity (Wildman–Crippen MR) is 139 cm³/mol. The predicted octanol–water partition coefficient (Wildman–Crippen LogP) is 3.19. The third kappa shape index (κ3) is 3.83. The molecule has 7 rings (SSSR count). The summed E-state index contributed by atoms with van der Waals surface area (Å²) in [4.78, 5) is 7.06. The Kier molecular flexibility index (Phi) is 5.18. The highest BCUT2D eigenvalue weighted by molar-refractivity contribution is 7.18. The summed E-state index contributed by atoms with van der Waals surface area (Å²) in [7, 11) is 0. The normalized spacial score (nSPS) is 24.1. The van der Waals surface area contributed by atoms with E-state index in [-0.39, 0.29) is 11.6 Å². The summed E-state index contributed by atoms with van der Waals surface area (Å²) in [5.41, 5.74) is 4.58. The summed E-state index contributed by atoms with van der Waals surface area (Å²) in [6.45, 7) is 5.03. The lowest BCUT2D eigenvalue weighted by Gasteiger charge is -2.40. The Morgan fingerprint density at radius 2 is 1.97 bits per heavy atom. The number of nitrogens with one attached hydrogen (secondary N) is 1. The molecule has 0 aromatic carbocycles. The summed E-state index contributed by atoms with van der Waals surface area (Å²) in [6, 6.07) is 9.88. The number of aromatic nitrogens is 5. The van der Waals surface area contributed by atoms with Crippen molar-refractivity contribution in [1.82, 2.24) is 24.8 Å². The fraction of sp³-hybridized carbons (Fsp3) is 0.423. The molecule has 2 aliphatic heterocycles. The number of piperidine rings is 1. The van der Waals surface area contributed by atoms with E-state index in [2.05, 4.69) is 38.5 Å². The Bertz CT molecular complexity index is 1520. The van der Waals surface area contributed by atoms with Gasteiger partial charge in [0.25, 0.3) is 0 Å². The minimum Gasteiger partial charge on any atom is -0.392 e. The Labute approximate surface area is 217 Å². The van der Waals surface area contributed by atoms with Crippen LogP contribution in [0.1, 0.15) is 25.3 Å². The van der Waals surface area contributed by atoms with Crippen molar-refractivity contribution in [3.63, 3.8) is 0 Å². The summed E-state index contributed by atoms with van der Waals surface area (Å²) in [6.07, 6.45) is 5.38. The molecule has 6 heterocycles. The summed E-state index contributed by atoms with van der Waals surface area (Å²) >= 11 is 1.56. The summed E-state index contributed by atoms with van der Waals surface area (Å²) in [5, 5.41) is 38.5. The highest BCUT2D eigenvalue weighted by Gasteiger charge is 2.42. The van der Waals surface area contributed by atoms with Crippen LogP contribution in [-0.2, 0) is 4.74 Å². The minimum atomic E-state index is -0.187. The van der Waals surface area contributed by atoms with E-state index in [4.69, 9.17) is 9.72 Å². The second-order valence-corrected chi connectivity index (χ2v) is 11.5. The molecule has 3 fully saturated rings. The van der Waals surface area contributed by atoms with E-state index >= 15 is 0 Å². The lowest BCUT2D eigenvalue weighted by atomic mass is 9.96. The maximum absolute atomic E-state index is 10.4. The van der Waals surface area contributed by atoms with E-state index in [1.54, 1.807) is 22.0 Å². The van der Waals surface area contributed by atoms with E-state index in [0.717, 1.165) is 64.2 Å². The average molecular weight is 515 g/mol. The zero-order chi connectivity index (χ0) is 25.1. The van der Waals surface area contributed by atoms with Crippen molar-refractivity contribution < 1.29 is 9.84 Å². The highest BCUT2D eigenvalue weighted by Crippen LogP contribution is 2.42. The fourth-order valence-electron chi connectivity index (χ4n) is 5.73. The molecule has 10 nitrogen and oxygen atoms in total. The van der Waals surface area contributed by atoms with Gasteiger partial charge in [0.2, 0.25) is 5.13 Å². The van der Waals surface area contributed by atoms with Crippen LogP contribution in [0.2, 0.25) is 0 Å². The molecular formula is C26H26N8O2S. The van der Waals surface area contributed by atoms with E-state index in [9.17, 15) is 10.4 Å². The quantitative estimate of drug-likeness (QED) is 0.413. The third-order valence-electron chi connectivity index (χ3n) is 7.77. The van der Waals surface area contributed by atoms with Gasteiger partial charge in [-0.25, -0.2) is 4.52 Å². The standard InChI is InChI=1S/C26H26N8O2S/c1-26(13-36-14-26)30-20-7-21(22-5-4-18-6-15(8-27)9-29-34(18)22)28-10-19(20)24-31-32-25(37-24)33-11-16-2-3-17(12-33)23(16)35/h4-7,9-10,16-17,23,35H,2-3,11-14H2,1H3,(H,28,30). The van der Waals surface area contributed by atoms with Crippen molar-refractivity contribution in [3.8, 4) is 28.0 Å². The molecule has 1 saturated carbocycles. The van der Waals surface area contributed by atoms with Crippen LogP contribution < -0.4 is 10.2 Å². The van der Waals surface area contributed by atoms with Gasteiger partial charge in [-0.1, -0.05) is 11.3 Å². The van der Waals surface area contributed by atoms with Crippen LogP contribution in [0.4, 0.5) is 10.8 Å². The molecule has 3 aliphatic rings. The molecule has 4 aromatic rings. The number of aliphatic hydroxyl groups is 1. The van der Waals surface area contributed by atoms with Crippen LogP contribution in [0.5, 0.6) is 0 Å². The number of rotatable bonds is 5. The van der Waals surface area contributed by atoms with Gasteiger partial charge in [0.15, 0.2) is 5.01 Å². The molecule has 0 amide bonds. The molecule has 4 aromatic heterocycles. The van der Waals surface area contributed by atoms with Crippen molar-refractivity contribution in [2.45, 2.75) is 31.4 Å². The first-order valence-corrected chi connectivity index (χ1v) is 13.3. The van der Waals surface area contributed by atoms with E-state index in [0.29, 0.717) is 30.6 Å². The third-order valence-corrected chi connectivity index (χ3v) is 8.79. The van der Waals surface area contributed by atoms with Gasteiger partial charge in [-0.3, -0.25) is 4.98 Å². The van der Waals surface area contributed by atoms with Gasteiger partial charge in [0.05, 0.1) is 59.1 Å². The summed E-state index contributed by atoms with van der Waals surface area (Å²) < 4.78 is 7.28. The van der Waals surface area contributed by atoms with E-state index in [1.807, 2.05) is 30.5 Å². The maximum atomic E-state index is 10.4. The first kappa shape index (κ1) is 22.6. The highest BCUT2D eigenvalue weighted by atomic mass is 32.1. The Balaban J connectivity index is 1.25. The van der Waals surface area contributed by atoms with E-state index < -0.39 is 0 Å². The van der Waals surface area contributed by atoms with Gasteiger partial charge in [0, 0.05) is 36.8 Å². The Hall–Kier alpha value is -3.59. The zero-order valence-corrected chi connectivity index (χ0v) is 21.1. The fourth-order valence-corrected chi connectivity index (χ4v) is 6.62. The van der Waals surface area contributed by atoms with Crippen LogP contribution in [0.15, 0.2) is 36.7 Å². The number of anilines is 2. The maximum Gasteiger partial charge on any atom is 0.208 e. The van der Waals surface area contributed by atoms with Gasteiger partial charge in [-0.05, 0) is 44.0 Å². The monoisotopic (exact) mass is 514 g/mol. The number of ether oxygens (including phenoxy) is 1. The van der Waals surface area contributed by atoms with Crippen molar-refractivity contribution >= 4 is 27.7 Å². The van der Waals surface area contributed by atoms with E-state index in [1.165, 1.54) is 0 Å². The molecule has 2 unspecified atom stereocenters. The molecule has 11 heteroatoms. The number of pyridine rings is 1. The van der Waals surface area contributed by atoms with Gasteiger partial charge in [0.1, 0.15) is 6.07 Å². The lowest BCUT2D eigenvalue weighted by Crippen LogP contribution is -2.53. The topological polar surface area (TPSA) is 124 Å². The molecule has 1 aliphatic carbocycles. The molecule has 0 radical (unpaired) electrons. The average Bonchev–Trinajstić information content (AvgIpc) is 3.58. The SMILES string of the molecule is CC1(Nc2cc(-c3ccc4cc(C#N)cnn34)ncc2-c2nnc(N3CC4CCC(C3)C4O)s2)COC1. The first-order chi connectivity index (χ1) is 18.0. The van der Waals surface area contributed by atoms with Crippen molar-refractivity contribution in [2.75, 3.05) is 36.5 Å². The Morgan fingerprint density at radius 1 is 1.16 bits per heavy atom. The van der Waals surface area contributed by atoms with Gasteiger partial charge >= 0.3 is 0 Å². The van der Waals surface area contributed by atoms with Crippen molar-refractivity contribution in [1.29, 1.82) is 5.26 Å². The summed E-state index contributed by atoms with van der Waals surface area (Å²) in [5.74, 6) is 0.634. The molecule has 2 saturated heterocycles. The zero-order valence-electron chi connectivity index (χ0n) is 20.3. The number of hydrogen-bond acceptors (Lipinski definition) is 10. The second kappa shape index (κ2) is 8.48. The Morgan fingerprint density at radius 3 is 2.70 bits per heavy atom. The van der Waals surface area contributed by atoms with Gasteiger partial charge in [-0.2, -0.15) is 10.4 Å². The number of nitriles is 1. The number of hydrogen-bond donors (Lipinski definition) is 2. The van der Waals surface area contributed by atoms with Crippen LogP contribution >= 0.6 is 11.3 Å². The number of nitrogens with zero attached hydrogens (tertiary/aromatic N) is 7. The van der Waals surface area contributed by atoms with Crippen LogP contribution in [0.3, 0.4) is 0 Å². The largest absolute Gasteiger partial charge is 0.392 e. The van der Waals surface area contributed by atoms with Crippen LogP contribution in [0, 0.1) is 23.2 Å². The lowest BCUT2D eigenvalue weighted by molar-refractivity contribution is -0.0318. The van der Waals surface area contributed by atoms with Crippen LogP contribution in [-0.4, -0.2) is 67.8 Å². The molecule has 188 valence electrons. The number of fused-ring (bicyclic) bond motifs is 3. The molecule has 0 spiro atoms. The first-order valence-electron chi connectivity index (χ1n) is 12.5. The van der Waals surface area contributed by atoms with Gasteiger partial charge < -0.3 is 20.1 Å². The molecule has 2 N–H and O–H groups in total.